The molecule has 2 atom stereocenters. The van der Waals surface area contributed by atoms with E-state index in [2.05, 4.69) is 5.32 Å². The number of nitrogens with zero attached hydrogens (tertiary/aromatic N) is 2. The van der Waals surface area contributed by atoms with Gasteiger partial charge < -0.3 is 15.1 Å². The summed E-state index contributed by atoms with van der Waals surface area (Å²) in [5.74, 6) is -1.76. The van der Waals surface area contributed by atoms with Crippen molar-refractivity contribution < 1.29 is 18.8 Å². The maximum absolute atomic E-state index is 14.2. The van der Waals surface area contributed by atoms with E-state index in [4.69, 9.17) is 0 Å². The van der Waals surface area contributed by atoms with Gasteiger partial charge in [0.25, 0.3) is 0 Å². The first-order valence-corrected chi connectivity index (χ1v) is 7.81. The van der Waals surface area contributed by atoms with Crippen LogP contribution in [-0.4, -0.2) is 55.2 Å². The van der Waals surface area contributed by atoms with Crippen LogP contribution in [0, 0.1) is 11.7 Å². The average Bonchev–Trinajstić information content (AvgIpc) is 2.55. The summed E-state index contributed by atoms with van der Waals surface area (Å²) in [6, 6.07) is 5.46. The van der Waals surface area contributed by atoms with Gasteiger partial charge in [0, 0.05) is 33.1 Å². The third-order valence-electron chi connectivity index (χ3n) is 4.33. The van der Waals surface area contributed by atoms with Gasteiger partial charge in [-0.05, 0) is 12.5 Å². The minimum Gasteiger partial charge on any atom is -0.347 e. The lowest BCUT2D eigenvalue weighted by atomic mass is 9.83. The second kappa shape index (κ2) is 7.42. The first-order chi connectivity index (χ1) is 11.3. The van der Waals surface area contributed by atoms with Crippen LogP contribution in [0.3, 0.4) is 0 Å². The number of carbonyl (C=O) groups is 3. The van der Waals surface area contributed by atoms with E-state index in [0.29, 0.717) is 12.0 Å². The van der Waals surface area contributed by atoms with Crippen LogP contribution >= 0.6 is 0 Å². The molecule has 7 heteroatoms. The summed E-state index contributed by atoms with van der Waals surface area (Å²) in [5.41, 5.74) is 0.312. The van der Waals surface area contributed by atoms with Crippen LogP contribution in [-0.2, 0) is 14.4 Å². The molecule has 0 saturated carbocycles. The van der Waals surface area contributed by atoms with Crippen molar-refractivity contribution >= 4 is 17.7 Å². The molecule has 130 valence electrons. The van der Waals surface area contributed by atoms with Crippen LogP contribution in [0.25, 0.3) is 0 Å². The van der Waals surface area contributed by atoms with E-state index in [1.165, 1.54) is 15.9 Å². The monoisotopic (exact) mass is 335 g/mol. The van der Waals surface area contributed by atoms with E-state index in [9.17, 15) is 18.8 Å². The van der Waals surface area contributed by atoms with E-state index in [1.54, 1.807) is 39.3 Å². The Balaban J connectivity index is 2.22. The van der Waals surface area contributed by atoms with Gasteiger partial charge in [-0.3, -0.25) is 14.4 Å². The van der Waals surface area contributed by atoms with Crippen LogP contribution in [0.4, 0.5) is 4.39 Å². The Labute approximate surface area is 140 Å². The van der Waals surface area contributed by atoms with Crippen LogP contribution in [0.15, 0.2) is 24.3 Å². The lowest BCUT2D eigenvalue weighted by Gasteiger charge is -2.38. The fourth-order valence-electron chi connectivity index (χ4n) is 2.90. The smallest absolute Gasteiger partial charge is 0.241 e. The zero-order valence-corrected chi connectivity index (χ0v) is 14.1. The SMILES string of the molecule is CN(C)C(=O)CNC(=O)[C@H]1CCC(=O)N(C)[C@H]1c1ccccc1F. The highest BCUT2D eigenvalue weighted by Crippen LogP contribution is 2.36. The van der Waals surface area contributed by atoms with Crippen molar-refractivity contribution in [1.29, 1.82) is 0 Å². The molecule has 1 aliphatic heterocycles. The molecule has 1 saturated heterocycles. The molecule has 24 heavy (non-hydrogen) atoms. The van der Waals surface area contributed by atoms with Gasteiger partial charge in [0.15, 0.2) is 0 Å². The Morgan fingerprint density at radius 2 is 2.00 bits per heavy atom. The van der Waals surface area contributed by atoms with Crippen LogP contribution in [0.1, 0.15) is 24.4 Å². The molecule has 0 unspecified atom stereocenters. The number of likely N-dealkylation sites (tertiary alicyclic amines) is 1. The van der Waals surface area contributed by atoms with E-state index in [-0.39, 0.29) is 30.7 Å². The molecular weight excluding hydrogens is 313 g/mol. The lowest BCUT2D eigenvalue weighted by molar-refractivity contribution is -0.142. The molecule has 0 spiro atoms. The minimum absolute atomic E-state index is 0.121. The number of benzene rings is 1. The molecule has 2 rings (SSSR count). The second-order valence-electron chi connectivity index (χ2n) is 6.12. The quantitative estimate of drug-likeness (QED) is 0.890. The predicted octanol–water partition coefficient (Wildman–Crippen LogP) is 0.940. The second-order valence-corrected chi connectivity index (χ2v) is 6.12. The first-order valence-electron chi connectivity index (χ1n) is 7.81. The number of likely N-dealkylation sites (N-methyl/N-ethyl adjacent to an activating group) is 1. The maximum atomic E-state index is 14.2. The van der Waals surface area contributed by atoms with E-state index in [0.717, 1.165) is 0 Å². The highest BCUT2D eigenvalue weighted by molar-refractivity contribution is 5.88. The Hall–Kier alpha value is -2.44. The third kappa shape index (κ3) is 3.72. The number of carbonyl (C=O) groups excluding carboxylic acids is 3. The van der Waals surface area contributed by atoms with E-state index < -0.39 is 17.8 Å². The molecule has 1 heterocycles. The van der Waals surface area contributed by atoms with Crippen molar-refractivity contribution in [1.82, 2.24) is 15.1 Å². The highest BCUT2D eigenvalue weighted by Gasteiger charge is 2.40. The molecule has 1 aliphatic rings. The first kappa shape index (κ1) is 17.9. The van der Waals surface area contributed by atoms with Crippen LogP contribution in [0.2, 0.25) is 0 Å². The molecule has 1 N–H and O–H groups in total. The van der Waals surface area contributed by atoms with Crippen LogP contribution < -0.4 is 5.32 Å². The molecule has 1 aromatic rings. The van der Waals surface area contributed by atoms with Gasteiger partial charge in [-0.15, -0.1) is 0 Å². The van der Waals surface area contributed by atoms with Gasteiger partial charge in [0.2, 0.25) is 17.7 Å². The molecule has 3 amide bonds. The fraction of sp³-hybridized carbons (Fsp3) is 0.471. The summed E-state index contributed by atoms with van der Waals surface area (Å²) in [5, 5.41) is 2.60. The maximum Gasteiger partial charge on any atom is 0.241 e. The van der Waals surface area contributed by atoms with Gasteiger partial charge in [0.1, 0.15) is 5.82 Å². The Bertz CT molecular complexity index is 648. The Morgan fingerprint density at radius 3 is 2.62 bits per heavy atom. The van der Waals surface area contributed by atoms with E-state index in [1.807, 2.05) is 0 Å². The molecule has 0 aliphatic carbocycles. The zero-order chi connectivity index (χ0) is 17.9. The Kier molecular flexibility index (Phi) is 5.54. The number of hydrogen-bond acceptors (Lipinski definition) is 3. The number of piperidine rings is 1. The van der Waals surface area contributed by atoms with Crippen molar-refractivity contribution in [2.75, 3.05) is 27.7 Å². The molecule has 1 aromatic carbocycles. The summed E-state index contributed by atoms with van der Waals surface area (Å²) in [6.07, 6.45) is 0.547. The molecule has 0 aromatic heterocycles. The predicted molar refractivity (Wildman–Crippen MR) is 86.3 cm³/mol. The Morgan fingerprint density at radius 1 is 1.33 bits per heavy atom. The number of halogens is 1. The van der Waals surface area contributed by atoms with Crippen molar-refractivity contribution in [3.63, 3.8) is 0 Å². The van der Waals surface area contributed by atoms with Crippen molar-refractivity contribution in [2.45, 2.75) is 18.9 Å². The molecule has 1 fully saturated rings. The molecular formula is C17H22FN3O3. The molecule has 6 nitrogen and oxygen atoms in total. The normalized spacial score (nSPS) is 20.7. The van der Waals surface area contributed by atoms with Gasteiger partial charge >= 0.3 is 0 Å². The number of hydrogen-bond donors (Lipinski definition) is 1. The summed E-state index contributed by atoms with van der Waals surface area (Å²) in [7, 11) is 4.78. The van der Waals surface area contributed by atoms with Crippen molar-refractivity contribution in [3.05, 3.63) is 35.6 Å². The number of nitrogens with one attached hydrogen (secondary N) is 1. The van der Waals surface area contributed by atoms with Gasteiger partial charge in [-0.1, -0.05) is 18.2 Å². The van der Waals surface area contributed by atoms with Gasteiger partial charge in [-0.2, -0.15) is 0 Å². The summed E-state index contributed by atoms with van der Waals surface area (Å²) >= 11 is 0. The fourth-order valence-corrected chi connectivity index (χ4v) is 2.90. The zero-order valence-electron chi connectivity index (χ0n) is 14.1. The topological polar surface area (TPSA) is 69.7 Å². The lowest BCUT2D eigenvalue weighted by Crippen LogP contribution is -2.48. The highest BCUT2D eigenvalue weighted by atomic mass is 19.1. The van der Waals surface area contributed by atoms with E-state index >= 15 is 0 Å². The summed E-state index contributed by atoms with van der Waals surface area (Å²) < 4.78 is 14.2. The largest absolute Gasteiger partial charge is 0.347 e. The summed E-state index contributed by atoms with van der Waals surface area (Å²) in [4.78, 5) is 39.0. The average molecular weight is 335 g/mol. The third-order valence-corrected chi connectivity index (χ3v) is 4.33. The van der Waals surface area contributed by atoms with Crippen molar-refractivity contribution in [2.24, 2.45) is 5.92 Å². The van der Waals surface area contributed by atoms with Gasteiger partial charge in [0.05, 0.1) is 18.5 Å². The summed E-state index contributed by atoms with van der Waals surface area (Å²) in [6.45, 7) is -0.121. The van der Waals surface area contributed by atoms with Crippen molar-refractivity contribution in [3.8, 4) is 0 Å². The molecule has 0 bridgehead atoms. The standard InChI is InChI=1S/C17H22FN3O3/c1-20(2)15(23)10-19-17(24)12-8-9-14(22)21(3)16(12)11-6-4-5-7-13(11)18/h4-7,12,16H,8-10H2,1-3H3,(H,19,24)/t12-,16-/m0/s1. The number of amides is 3. The number of rotatable bonds is 4. The van der Waals surface area contributed by atoms with Gasteiger partial charge in [-0.25, -0.2) is 4.39 Å². The minimum atomic E-state index is -0.679. The molecule has 0 radical (unpaired) electrons. The van der Waals surface area contributed by atoms with Crippen LogP contribution in [0.5, 0.6) is 0 Å².